The van der Waals surface area contributed by atoms with Crippen LogP contribution in [-0.4, -0.2) is 19.9 Å². The average Bonchev–Trinajstić information content (AvgIpc) is 2.60. The highest BCUT2D eigenvalue weighted by molar-refractivity contribution is 7.91. The molecule has 1 aliphatic rings. The summed E-state index contributed by atoms with van der Waals surface area (Å²) in [6.07, 6.45) is 0.203. The number of halogens is 1. The minimum atomic E-state index is -3.90. The van der Waals surface area contributed by atoms with Crippen LogP contribution in [0.4, 0.5) is 4.39 Å². The Kier molecular flexibility index (Phi) is 4.89. The molecule has 4 nitrogen and oxygen atoms in total. The molecule has 0 fully saturated rings. The fourth-order valence-corrected chi connectivity index (χ4v) is 5.18. The molecule has 1 heterocycles. The molecule has 27 heavy (non-hydrogen) atoms. The summed E-state index contributed by atoms with van der Waals surface area (Å²) in [5, 5.41) is 0. The van der Waals surface area contributed by atoms with Gasteiger partial charge in [0.05, 0.1) is 0 Å². The molecule has 144 valence electrons. The third-order valence-electron chi connectivity index (χ3n) is 5.50. The van der Waals surface area contributed by atoms with E-state index in [-0.39, 0.29) is 24.1 Å². The van der Waals surface area contributed by atoms with E-state index in [0.717, 1.165) is 0 Å². The second-order valence-corrected chi connectivity index (χ2v) is 9.55. The largest absolute Gasteiger partial charge is 0.472 e. The Labute approximate surface area is 160 Å². The van der Waals surface area contributed by atoms with E-state index in [1.165, 1.54) is 6.07 Å². The van der Waals surface area contributed by atoms with Gasteiger partial charge in [0.1, 0.15) is 11.4 Å². The average molecular weight is 389 g/mol. The zero-order chi connectivity index (χ0) is 19.9. The molecule has 0 saturated heterocycles. The molecule has 0 spiro atoms. The second-order valence-electron chi connectivity index (χ2n) is 7.60. The molecule has 0 aliphatic carbocycles. The van der Waals surface area contributed by atoms with E-state index in [1.807, 2.05) is 13.0 Å². The van der Waals surface area contributed by atoms with Gasteiger partial charge in [0, 0.05) is 6.42 Å². The van der Waals surface area contributed by atoms with Gasteiger partial charge < -0.3 is 4.74 Å². The molecule has 1 aliphatic heterocycles. The predicted molar refractivity (Wildman–Crippen MR) is 105 cm³/mol. The van der Waals surface area contributed by atoms with Gasteiger partial charge in [-0.15, -0.1) is 4.40 Å². The van der Waals surface area contributed by atoms with Crippen molar-refractivity contribution in [3.8, 4) is 0 Å². The van der Waals surface area contributed by atoms with Crippen LogP contribution < -0.4 is 0 Å². The normalized spacial score (nSPS) is 24.6. The second kappa shape index (κ2) is 6.75. The van der Waals surface area contributed by atoms with Gasteiger partial charge in [-0.05, 0) is 43.9 Å². The quantitative estimate of drug-likeness (QED) is 0.757. The van der Waals surface area contributed by atoms with Gasteiger partial charge in [-0.2, -0.15) is 0 Å². The number of hydrogen-bond acceptors (Lipinski definition) is 3. The van der Waals surface area contributed by atoms with Crippen LogP contribution in [0.5, 0.6) is 0 Å². The lowest BCUT2D eigenvalue weighted by atomic mass is 9.84. The number of nitrogens with zero attached hydrogens (tertiary/aromatic N) is 1. The van der Waals surface area contributed by atoms with Crippen LogP contribution in [0.25, 0.3) is 0 Å². The van der Waals surface area contributed by atoms with Crippen molar-refractivity contribution in [2.45, 2.75) is 50.4 Å². The van der Waals surface area contributed by atoms with Crippen molar-refractivity contribution >= 4 is 15.9 Å². The topological polar surface area (TPSA) is 55.7 Å². The first-order chi connectivity index (χ1) is 12.6. The highest BCUT2D eigenvalue weighted by atomic mass is 32.2. The van der Waals surface area contributed by atoms with Crippen LogP contribution in [0.15, 0.2) is 59.0 Å². The van der Waals surface area contributed by atoms with Gasteiger partial charge in [-0.3, -0.25) is 0 Å². The van der Waals surface area contributed by atoms with Crippen LogP contribution in [-0.2, 0) is 19.5 Å². The van der Waals surface area contributed by atoms with Crippen molar-refractivity contribution in [3.63, 3.8) is 0 Å². The summed E-state index contributed by atoms with van der Waals surface area (Å²) in [4.78, 5) is 0. The zero-order valence-electron chi connectivity index (χ0n) is 15.9. The SMILES string of the molecule is C[C@H](CC1=NS(=O)(=O)C(C)(c2ccccc2)C(C)(C)O1)c1ccccc1F. The van der Waals surface area contributed by atoms with Crippen LogP contribution in [0, 0.1) is 5.82 Å². The highest BCUT2D eigenvalue weighted by Crippen LogP contribution is 2.46. The molecule has 0 bridgehead atoms. The van der Waals surface area contributed by atoms with Gasteiger partial charge >= 0.3 is 0 Å². The first-order valence-corrected chi connectivity index (χ1v) is 10.3. The van der Waals surface area contributed by atoms with Crippen LogP contribution >= 0.6 is 0 Å². The molecular formula is C21H24FNO3S. The van der Waals surface area contributed by atoms with E-state index in [1.54, 1.807) is 63.2 Å². The fourth-order valence-electron chi connectivity index (χ4n) is 3.52. The van der Waals surface area contributed by atoms with Crippen molar-refractivity contribution in [2.24, 2.45) is 4.40 Å². The summed E-state index contributed by atoms with van der Waals surface area (Å²) in [6.45, 7) is 6.97. The number of benzene rings is 2. The van der Waals surface area contributed by atoms with E-state index >= 15 is 0 Å². The summed E-state index contributed by atoms with van der Waals surface area (Å²) in [5.41, 5.74) is 0.0921. The molecule has 2 atom stereocenters. The van der Waals surface area contributed by atoms with Crippen molar-refractivity contribution in [1.82, 2.24) is 0 Å². The van der Waals surface area contributed by atoms with Gasteiger partial charge in [-0.1, -0.05) is 55.5 Å². The molecule has 0 aromatic heterocycles. The Morgan fingerprint density at radius 2 is 1.63 bits per heavy atom. The number of sulfonamides is 1. The zero-order valence-corrected chi connectivity index (χ0v) is 16.8. The van der Waals surface area contributed by atoms with E-state index < -0.39 is 20.4 Å². The summed E-state index contributed by atoms with van der Waals surface area (Å²) < 4.78 is 49.1. The molecular weight excluding hydrogens is 365 g/mol. The maximum atomic E-state index is 14.0. The molecule has 3 rings (SSSR count). The maximum Gasteiger partial charge on any atom is 0.269 e. The number of hydrogen-bond donors (Lipinski definition) is 0. The standard InChI is InChI=1S/C21H24FNO3S/c1-15(17-12-8-9-13-18(17)22)14-19-23-27(24,25)21(4,20(2,3)26-19)16-10-6-5-7-11-16/h5-13,15H,14H2,1-4H3/t15-,21?/m1/s1. The summed E-state index contributed by atoms with van der Waals surface area (Å²) in [5.74, 6) is -0.473. The lowest BCUT2D eigenvalue weighted by molar-refractivity contribution is 0.0427. The molecule has 0 saturated carbocycles. The van der Waals surface area contributed by atoms with Crippen LogP contribution in [0.1, 0.15) is 51.2 Å². The predicted octanol–water partition coefficient (Wildman–Crippen LogP) is 4.77. The van der Waals surface area contributed by atoms with E-state index in [9.17, 15) is 12.8 Å². The fraction of sp³-hybridized carbons (Fsp3) is 0.381. The Hall–Kier alpha value is -2.21. The minimum absolute atomic E-state index is 0.115. The summed E-state index contributed by atoms with van der Waals surface area (Å²) >= 11 is 0. The third-order valence-corrected chi connectivity index (χ3v) is 7.70. The smallest absolute Gasteiger partial charge is 0.269 e. The van der Waals surface area contributed by atoms with E-state index in [0.29, 0.717) is 11.1 Å². The molecule has 0 N–H and O–H groups in total. The van der Waals surface area contributed by atoms with Crippen molar-refractivity contribution in [3.05, 3.63) is 71.5 Å². The maximum absolute atomic E-state index is 14.0. The monoisotopic (exact) mass is 389 g/mol. The van der Waals surface area contributed by atoms with Gasteiger partial charge in [0.25, 0.3) is 10.0 Å². The van der Waals surface area contributed by atoms with Crippen LogP contribution in [0.2, 0.25) is 0 Å². The Morgan fingerprint density at radius 3 is 2.22 bits per heavy atom. The number of rotatable bonds is 4. The van der Waals surface area contributed by atoms with Gasteiger partial charge in [-0.25, -0.2) is 12.8 Å². The lowest BCUT2D eigenvalue weighted by Gasteiger charge is -2.45. The molecule has 0 radical (unpaired) electrons. The van der Waals surface area contributed by atoms with Crippen molar-refractivity contribution < 1.29 is 17.5 Å². The summed E-state index contributed by atoms with van der Waals surface area (Å²) in [6, 6.07) is 15.4. The third kappa shape index (κ3) is 3.27. The van der Waals surface area contributed by atoms with Gasteiger partial charge in [0.15, 0.2) is 4.75 Å². The first-order valence-electron chi connectivity index (χ1n) is 8.91. The van der Waals surface area contributed by atoms with E-state index in [4.69, 9.17) is 4.74 Å². The molecule has 2 aromatic carbocycles. The van der Waals surface area contributed by atoms with Crippen molar-refractivity contribution in [1.29, 1.82) is 0 Å². The minimum Gasteiger partial charge on any atom is -0.472 e. The molecule has 6 heteroatoms. The van der Waals surface area contributed by atoms with E-state index in [2.05, 4.69) is 4.40 Å². The number of ether oxygens (including phenoxy) is 1. The first kappa shape index (κ1) is 19.5. The molecule has 2 aromatic rings. The highest BCUT2D eigenvalue weighted by Gasteiger charge is 2.58. The Balaban J connectivity index is 1.99. The Morgan fingerprint density at radius 1 is 1.04 bits per heavy atom. The molecule has 0 amide bonds. The van der Waals surface area contributed by atoms with Gasteiger partial charge in [0.2, 0.25) is 5.90 Å². The van der Waals surface area contributed by atoms with Crippen LogP contribution in [0.3, 0.4) is 0 Å². The Bertz CT molecular complexity index is 970. The van der Waals surface area contributed by atoms with Crippen molar-refractivity contribution in [2.75, 3.05) is 0 Å². The molecule has 1 unspecified atom stereocenters. The summed E-state index contributed by atoms with van der Waals surface area (Å²) in [7, 11) is -3.90. The lowest BCUT2D eigenvalue weighted by Crippen LogP contribution is -2.55.